The van der Waals surface area contributed by atoms with Crippen LogP contribution in [0.15, 0.2) is 24.3 Å². The van der Waals surface area contributed by atoms with Gasteiger partial charge >= 0.3 is 5.97 Å². The van der Waals surface area contributed by atoms with Gasteiger partial charge in [0.2, 0.25) is 5.91 Å². The lowest BCUT2D eigenvalue weighted by molar-refractivity contribution is -0.154. The van der Waals surface area contributed by atoms with Crippen LogP contribution < -0.4 is 0 Å². The molecule has 1 aromatic carbocycles. The van der Waals surface area contributed by atoms with Crippen molar-refractivity contribution in [1.29, 1.82) is 0 Å². The molecule has 6 nitrogen and oxygen atoms in total. The maximum atomic E-state index is 13.2. The van der Waals surface area contributed by atoms with Gasteiger partial charge in [-0.25, -0.2) is 4.79 Å². The normalized spacial score (nSPS) is 20.4. The number of rotatable bonds is 6. The fraction of sp³-hybridized carbons (Fsp3) is 0.619. The van der Waals surface area contributed by atoms with E-state index in [0.717, 1.165) is 24.0 Å². The molecule has 0 aromatic heterocycles. The van der Waals surface area contributed by atoms with Crippen molar-refractivity contribution in [3.05, 3.63) is 35.4 Å². The zero-order valence-corrected chi connectivity index (χ0v) is 16.1. The molecule has 6 heteroatoms. The molecule has 0 spiro atoms. The summed E-state index contributed by atoms with van der Waals surface area (Å²) in [6.07, 6.45) is 6.20. The summed E-state index contributed by atoms with van der Waals surface area (Å²) in [7, 11) is 1.37. The number of hydrogen-bond donors (Lipinski definition) is 1. The monoisotopic (exact) mass is 374 g/mol. The molecule has 0 bridgehead atoms. The number of aliphatic hydroxyl groups excluding tert-OH is 1. The number of aliphatic hydroxyl groups is 1. The third-order valence-electron chi connectivity index (χ3n) is 5.86. The number of hydrogen-bond acceptors (Lipinski definition) is 5. The predicted octanol–water partition coefficient (Wildman–Crippen LogP) is 1.74. The van der Waals surface area contributed by atoms with Crippen LogP contribution in [0, 0.1) is 0 Å². The number of methoxy groups -OCH3 is 1. The average Bonchev–Trinajstić information content (AvgIpc) is 2.72. The fourth-order valence-electron chi connectivity index (χ4n) is 4.36. The molecular weight excluding hydrogens is 344 g/mol. The van der Waals surface area contributed by atoms with E-state index in [0.29, 0.717) is 25.6 Å². The van der Waals surface area contributed by atoms with Crippen molar-refractivity contribution >= 4 is 11.9 Å². The zero-order valence-electron chi connectivity index (χ0n) is 16.1. The lowest BCUT2D eigenvalue weighted by atomic mass is 9.93. The number of ether oxygens (including phenoxy) is 1. The molecule has 27 heavy (non-hydrogen) atoms. The molecule has 1 unspecified atom stereocenters. The van der Waals surface area contributed by atoms with Gasteiger partial charge in [0.1, 0.15) is 6.04 Å². The van der Waals surface area contributed by atoms with Crippen LogP contribution in [-0.4, -0.2) is 65.7 Å². The van der Waals surface area contributed by atoms with E-state index in [2.05, 4.69) is 4.90 Å². The Morgan fingerprint density at radius 2 is 1.89 bits per heavy atom. The second-order valence-corrected chi connectivity index (χ2v) is 7.52. The summed E-state index contributed by atoms with van der Waals surface area (Å²) in [5.74, 6) is -0.442. The first-order valence-electron chi connectivity index (χ1n) is 9.93. The lowest BCUT2D eigenvalue weighted by Gasteiger charge is -2.38. The molecule has 1 amide bonds. The van der Waals surface area contributed by atoms with Crippen LogP contribution in [0.2, 0.25) is 0 Å². The third-order valence-corrected chi connectivity index (χ3v) is 5.86. The SMILES string of the molecule is COC(=O)C1Cc2ccccc2CN1C(=O)CN(CCO)C1CCCCC1. The summed E-state index contributed by atoms with van der Waals surface area (Å²) in [4.78, 5) is 29.2. The number of nitrogens with zero attached hydrogens (tertiary/aromatic N) is 2. The largest absolute Gasteiger partial charge is 0.467 e. The number of fused-ring (bicyclic) bond motifs is 1. The van der Waals surface area contributed by atoms with Crippen molar-refractivity contribution in [1.82, 2.24) is 9.80 Å². The smallest absolute Gasteiger partial charge is 0.328 e. The summed E-state index contributed by atoms with van der Waals surface area (Å²) in [5.41, 5.74) is 2.17. The first-order valence-corrected chi connectivity index (χ1v) is 9.93. The second-order valence-electron chi connectivity index (χ2n) is 7.52. The van der Waals surface area contributed by atoms with Gasteiger partial charge in [0, 0.05) is 25.6 Å². The van der Waals surface area contributed by atoms with Gasteiger partial charge in [-0.3, -0.25) is 9.69 Å². The van der Waals surface area contributed by atoms with Crippen LogP contribution in [0.5, 0.6) is 0 Å². The molecule has 1 saturated carbocycles. The molecule has 1 fully saturated rings. The van der Waals surface area contributed by atoms with Crippen LogP contribution in [0.3, 0.4) is 0 Å². The van der Waals surface area contributed by atoms with Crippen molar-refractivity contribution < 1.29 is 19.4 Å². The minimum Gasteiger partial charge on any atom is -0.467 e. The molecule has 1 N–H and O–H groups in total. The Labute approximate surface area is 161 Å². The Kier molecular flexibility index (Phi) is 6.85. The number of carbonyl (C=O) groups is 2. The zero-order chi connectivity index (χ0) is 19.2. The van der Waals surface area contributed by atoms with Crippen LogP contribution in [0.25, 0.3) is 0 Å². The van der Waals surface area contributed by atoms with Gasteiger partial charge in [0.15, 0.2) is 0 Å². The van der Waals surface area contributed by atoms with Crippen LogP contribution in [0.4, 0.5) is 0 Å². The number of benzene rings is 1. The highest BCUT2D eigenvalue weighted by atomic mass is 16.5. The van der Waals surface area contributed by atoms with E-state index >= 15 is 0 Å². The fourth-order valence-corrected chi connectivity index (χ4v) is 4.36. The van der Waals surface area contributed by atoms with Crippen LogP contribution in [-0.2, 0) is 27.3 Å². The van der Waals surface area contributed by atoms with E-state index in [9.17, 15) is 14.7 Å². The van der Waals surface area contributed by atoms with E-state index in [1.54, 1.807) is 4.90 Å². The van der Waals surface area contributed by atoms with Gasteiger partial charge in [-0.1, -0.05) is 43.5 Å². The Bertz CT molecular complexity index is 657. The highest BCUT2D eigenvalue weighted by molar-refractivity contribution is 5.86. The number of esters is 1. The van der Waals surface area contributed by atoms with Gasteiger partial charge in [-0.2, -0.15) is 0 Å². The predicted molar refractivity (Wildman–Crippen MR) is 102 cm³/mol. The molecule has 1 atom stereocenters. The minimum absolute atomic E-state index is 0.0348. The van der Waals surface area contributed by atoms with Crippen molar-refractivity contribution in [2.45, 2.75) is 57.2 Å². The molecule has 1 aromatic rings. The maximum Gasteiger partial charge on any atom is 0.328 e. The summed E-state index contributed by atoms with van der Waals surface area (Å²) in [6.45, 7) is 1.18. The number of amides is 1. The topological polar surface area (TPSA) is 70.1 Å². The van der Waals surface area contributed by atoms with Gasteiger partial charge in [-0.15, -0.1) is 0 Å². The molecule has 0 radical (unpaired) electrons. The lowest BCUT2D eigenvalue weighted by Crippen LogP contribution is -2.53. The van der Waals surface area contributed by atoms with Gasteiger partial charge in [0.05, 0.1) is 20.3 Å². The highest BCUT2D eigenvalue weighted by Crippen LogP contribution is 2.26. The Morgan fingerprint density at radius 3 is 2.56 bits per heavy atom. The summed E-state index contributed by atoms with van der Waals surface area (Å²) >= 11 is 0. The minimum atomic E-state index is -0.584. The second kappa shape index (κ2) is 9.33. The highest BCUT2D eigenvalue weighted by Gasteiger charge is 2.36. The van der Waals surface area contributed by atoms with Crippen molar-refractivity contribution in [3.63, 3.8) is 0 Å². The molecule has 0 saturated heterocycles. The number of carbonyl (C=O) groups excluding carboxylic acids is 2. The Morgan fingerprint density at radius 1 is 1.19 bits per heavy atom. The van der Waals surface area contributed by atoms with Crippen molar-refractivity contribution in [2.75, 3.05) is 26.8 Å². The molecule has 1 heterocycles. The average molecular weight is 374 g/mol. The summed E-state index contributed by atoms with van der Waals surface area (Å²) in [5, 5.41) is 9.46. The molecule has 148 valence electrons. The van der Waals surface area contributed by atoms with Gasteiger partial charge in [-0.05, 0) is 24.0 Å². The van der Waals surface area contributed by atoms with Crippen LogP contribution >= 0.6 is 0 Å². The third kappa shape index (κ3) is 4.68. The summed E-state index contributed by atoms with van der Waals surface area (Å²) in [6, 6.07) is 7.68. The van der Waals surface area contributed by atoms with Crippen LogP contribution in [0.1, 0.15) is 43.2 Å². The quantitative estimate of drug-likeness (QED) is 0.768. The Balaban J connectivity index is 1.76. The molecule has 1 aliphatic heterocycles. The Hall–Kier alpha value is -1.92. The first-order chi connectivity index (χ1) is 13.1. The molecule has 3 rings (SSSR count). The standard InChI is InChI=1S/C21H30N2O4/c1-27-21(26)19-13-16-7-5-6-8-17(16)14-23(19)20(25)15-22(11-12-24)18-9-3-2-4-10-18/h5-8,18-19,24H,2-4,9-15H2,1H3. The van der Waals surface area contributed by atoms with Gasteiger partial charge in [0.25, 0.3) is 0 Å². The van der Waals surface area contributed by atoms with Crippen molar-refractivity contribution in [2.24, 2.45) is 0 Å². The molecular formula is C21H30N2O4. The van der Waals surface area contributed by atoms with E-state index in [1.165, 1.54) is 26.4 Å². The molecule has 2 aliphatic rings. The van der Waals surface area contributed by atoms with Crippen molar-refractivity contribution in [3.8, 4) is 0 Å². The summed E-state index contributed by atoms with van der Waals surface area (Å²) < 4.78 is 4.97. The molecule has 1 aliphatic carbocycles. The van der Waals surface area contributed by atoms with E-state index < -0.39 is 6.04 Å². The first kappa shape index (κ1) is 19.8. The van der Waals surface area contributed by atoms with E-state index in [-0.39, 0.29) is 25.0 Å². The van der Waals surface area contributed by atoms with E-state index in [1.807, 2.05) is 24.3 Å². The van der Waals surface area contributed by atoms with Gasteiger partial charge < -0.3 is 14.7 Å². The van der Waals surface area contributed by atoms with E-state index in [4.69, 9.17) is 4.74 Å². The maximum absolute atomic E-state index is 13.2.